The molecule has 0 spiro atoms. The number of H-pyrrole nitrogens is 2. The summed E-state index contributed by atoms with van der Waals surface area (Å²) in [4.78, 5) is 17.3. The van der Waals surface area contributed by atoms with E-state index in [9.17, 15) is 18.0 Å². The van der Waals surface area contributed by atoms with Gasteiger partial charge in [-0.05, 0) is 6.07 Å². The topological polar surface area (TPSA) is 99.3 Å². The number of aromatic amines is 2. The molecule has 1 atom stereocenters. The number of carbonyl (C=O) groups excluding carboxylic acids is 1. The molecule has 5 aromatic rings. The third-order valence-corrected chi connectivity index (χ3v) is 6.84. The molecule has 176 valence electrons. The summed E-state index contributed by atoms with van der Waals surface area (Å²) in [6.07, 6.45) is -2.84. The first kappa shape index (κ1) is 23.3. The Kier molecular flexibility index (Phi) is 5.98. The van der Waals surface area contributed by atoms with Gasteiger partial charge in [-0.2, -0.15) is 18.3 Å². The maximum atomic E-state index is 13.1. The molecular formula is C23H16AsF3N6OS. The van der Waals surface area contributed by atoms with E-state index in [0.717, 1.165) is 45.0 Å². The van der Waals surface area contributed by atoms with Gasteiger partial charge < -0.3 is 0 Å². The van der Waals surface area contributed by atoms with Gasteiger partial charge in [0.05, 0.1) is 0 Å². The first-order valence-electron chi connectivity index (χ1n) is 10.3. The Bertz CT molecular complexity index is 1540. The van der Waals surface area contributed by atoms with Crippen LogP contribution in [0.15, 0.2) is 54.0 Å². The van der Waals surface area contributed by atoms with Crippen LogP contribution < -0.4 is 5.32 Å². The zero-order valence-corrected chi connectivity index (χ0v) is 20.7. The fourth-order valence-corrected chi connectivity index (χ4v) is 4.65. The third kappa shape index (κ3) is 4.74. The van der Waals surface area contributed by atoms with Crippen molar-refractivity contribution in [2.75, 3.05) is 5.32 Å². The molecule has 7 nitrogen and oxygen atoms in total. The van der Waals surface area contributed by atoms with Gasteiger partial charge >= 0.3 is 175 Å². The summed E-state index contributed by atoms with van der Waals surface area (Å²) in [5.41, 5.74) is 3.28. The molecule has 3 heterocycles. The molecule has 2 aromatic carbocycles. The van der Waals surface area contributed by atoms with Crippen molar-refractivity contribution in [3.05, 3.63) is 71.0 Å². The Hall–Kier alpha value is -3.43. The van der Waals surface area contributed by atoms with Crippen LogP contribution in [0.3, 0.4) is 0 Å². The van der Waals surface area contributed by atoms with Crippen molar-refractivity contribution in [2.45, 2.75) is 17.8 Å². The number of hydrogen-bond acceptors (Lipinski definition) is 5. The molecule has 2 radical (unpaired) electrons. The number of rotatable bonds is 5. The standard InChI is InChI=1S/C23H16AsF3N6OS/c1-11(24)12-3-2-4-13(5-12)15-6-14-9-28-31-16(14)7-17(15)29-21(34)19-10-35-22(30-19)18-8-20(33-32-18)23(25,26)27/h2-11H,1H3,(H,28,31)(H,29,34)(H,32,33). The van der Waals surface area contributed by atoms with Gasteiger partial charge in [0.1, 0.15) is 5.69 Å². The molecule has 0 aliphatic heterocycles. The fourth-order valence-electron chi connectivity index (χ4n) is 3.56. The molecule has 35 heavy (non-hydrogen) atoms. The van der Waals surface area contributed by atoms with Crippen molar-refractivity contribution in [2.24, 2.45) is 0 Å². The number of hydrogen-bond donors (Lipinski definition) is 3. The van der Waals surface area contributed by atoms with Gasteiger partial charge in [0.25, 0.3) is 0 Å². The molecule has 0 saturated carbocycles. The van der Waals surface area contributed by atoms with Crippen LogP contribution in [0.5, 0.6) is 0 Å². The van der Waals surface area contributed by atoms with Crippen LogP contribution in [0, 0.1) is 0 Å². The minimum absolute atomic E-state index is 0.0184. The zero-order chi connectivity index (χ0) is 24.7. The molecule has 12 heteroatoms. The van der Waals surface area contributed by atoms with Gasteiger partial charge in [-0.1, -0.05) is 0 Å². The van der Waals surface area contributed by atoms with Gasteiger partial charge in [-0.25, -0.2) is 0 Å². The number of carbonyl (C=O) groups is 1. The number of fused-ring (bicyclic) bond motifs is 1. The van der Waals surface area contributed by atoms with E-state index >= 15 is 0 Å². The molecule has 0 fully saturated rings. The molecule has 0 aliphatic carbocycles. The summed E-state index contributed by atoms with van der Waals surface area (Å²) < 4.78 is 38.9. The van der Waals surface area contributed by atoms with Crippen LogP contribution >= 0.6 is 11.3 Å². The van der Waals surface area contributed by atoms with Gasteiger partial charge in [-0.15, -0.1) is 0 Å². The second-order valence-electron chi connectivity index (χ2n) is 7.81. The third-order valence-electron chi connectivity index (χ3n) is 5.35. The molecule has 3 N–H and O–H groups in total. The van der Waals surface area contributed by atoms with Crippen molar-refractivity contribution in [3.63, 3.8) is 0 Å². The van der Waals surface area contributed by atoms with E-state index in [1.54, 1.807) is 12.3 Å². The number of thiazole rings is 1. The number of amides is 1. The van der Waals surface area contributed by atoms with Crippen LogP contribution in [0.4, 0.5) is 18.9 Å². The van der Waals surface area contributed by atoms with E-state index in [1.165, 1.54) is 5.38 Å². The number of anilines is 1. The van der Waals surface area contributed by atoms with Crippen LogP contribution in [0.2, 0.25) is 0 Å². The van der Waals surface area contributed by atoms with Crippen molar-refractivity contribution < 1.29 is 18.0 Å². The molecular weight excluding hydrogens is 540 g/mol. The number of aromatic nitrogens is 5. The Morgan fingerprint density at radius 3 is 2.74 bits per heavy atom. The fraction of sp³-hybridized carbons (Fsp3) is 0.130. The average molecular weight is 556 g/mol. The summed E-state index contributed by atoms with van der Waals surface area (Å²) in [5.74, 6) is -0.490. The Morgan fingerprint density at radius 1 is 1.17 bits per heavy atom. The van der Waals surface area contributed by atoms with E-state index in [4.69, 9.17) is 0 Å². The van der Waals surface area contributed by atoms with Gasteiger partial charge in [0.15, 0.2) is 0 Å². The molecule has 1 amide bonds. The predicted molar refractivity (Wildman–Crippen MR) is 128 cm³/mol. The second-order valence-corrected chi connectivity index (χ2v) is 10.3. The molecule has 0 aliphatic rings. The maximum absolute atomic E-state index is 13.1. The minimum atomic E-state index is -4.55. The first-order valence-corrected chi connectivity index (χ1v) is 12.3. The molecule has 5 rings (SSSR count). The first-order chi connectivity index (χ1) is 16.7. The van der Waals surface area contributed by atoms with E-state index in [2.05, 4.69) is 55.4 Å². The van der Waals surface area contributed by atoms with Gasteiger partial charge in [0.2, 0.25) is 0 Å². The van der Waals surface area contributed by atoms with Gasteiger partial charge in [-0.3, -0.25) is 5.10 Å². The monoisotopic (exact) mass is 556 g/mol. The molecule has 3 aromatic heterocycles. The van der Waals surface area contributed by atoms with Crippen molar-refractivity contribution in [1.29, 1.82) is 0 Å². The van der Waals surface area contributed by atoms with E-state index in [0.29, 0.717) is 5.69 Å². The van der Waals surface area contributed by atoms with Crippen LogP contribution in [0.1, 0.15) is 33.4 Å². The number of nitrogens with zero attached hydrogens (tertiary/aromatic N) is 3. The van der Waals surface area contributed by atoms with Crippen LogP contribution in [-0.2, 0) is 6.18 Å². The number of alkyl halides is 3. The summed E-state index contributed by atoms with van der Waals surface area (Å²) >= 11 is 3.64. The predicted octanol–water partition coefficient (Wildman–Crippen LogP) is 5.58. The molecule has 1 unspecified atom stereocenters. The summed E-state index contributed by atoms with van der Waals surface area (Å²) in [7, 11) is 0. The summed E-state index contributed by atoms with van der Waals surface area (Å²) in [5, 5.41) is 18.1. The van der Waals surface area contributed by atoms with E-state index in [-0.39, 0.29) is 21.1 Å². The Morgan fingerprint density at radius 2 is 2.00 bits per heavy atom. The van der Waals surface area contributed by atoms with Crippen LogP contribution in [0.25, 0.3) is 32.7 Å². The zero-order valence-electron chi connectivity index (χ0n) is 18.0. The van der Waals surface area contributed by atoms with Crippen molar-refractivity contribution in [3.8, 4) is 21.8 Å². The second kappa shape index (κ2) is 8.98. The average Bonchev–Trinajstić information content (AvgIpc) is 3.58. The van der Waals surface area contributed by atoms with Crippen molar-refractivity contribution in [1.82, 2.24) is 25.4 Å². The SMILES string of the molecule is CC([As])c1cccc(-c2cc3cn[nH]c3cc2NC(=O)c2csc(-c3cc(C(F)(F)F)[nH]n3)n2)c1. The Balaban J connectivity index is 1.47. The number of nitrogens with one attached hydrogen (secondary N) is 3. The van der Waals surface area contributed by atoms with E-state index < -0.39 is 17.8 Å². The summed E-state index contributed by atoms with van der Waals surface area (Å²) in [6.45, 7) is 2.08. The molecule has 0 bridgehead atoms. The summed E-state index contributed by atoms with van der Waals surface area (Å²) in [6, 6.07) is 12.6. The number of benzene rings is 2. The molecule has 0 saturated heterocycles. The normalized spacial score (nSPS) is 12.7. The van der Waals surface area contributed by atoms with E-state index in [1.807, 2.05) is 29.4 Å². The Labute approximate surface area is 209 Å². The van der Waals surface area contributed by atoms with Crippen molar-refractivity contribution >= 4 is 50.7 Å². The van der Waals surface area contributed by atoms with Gasteiger partial charge in [0, 0.05) is 0 Å². The van der Waals surface area contributed by atoms with Crippen LogP contribution in [-0.4, -0.2) is 48.1 Å². The number of halogens is 3. The quantitative estimate of drug-likeness (QED) is 0.246.